The quantitative estimate of drug-likeness (QED) is 0.803. The fourth-order valence-electron chi connectivity index (χ4n) is 1.75. The van der Waals surface area contributed by atoms with Crippen molar-refractivity contribution < 1.29 is 0 Å². The topological polar surface area (TPSA) is 15.3 Å². The van der Waals surface area contributed by atoms with Crippen LogP contribution in [0.2, 0.25) is 0 Å². The van der Waals surface area contributed by atoms with Crippen LogP contribution >= 0.6 is 11.3 Å². The average molecular weight is 254 g/mol. The Kier molecular flexibility index (Phi) is 6.17. The standard InChI is InChI=1S/C14H26N2S/c1-6-15-9-13-7-8-14(17-13)10-16(5)12(4)11(2)3/h7-8,11-12,15H,6,9-10H2,1-5H3. The molecule has 0 bridgehead atoms. The number of nitrogens with one attached hydrogen (secondary N) is 1. The van der Waals surface area contributed by atoms with Crippen LogP contribution in [0.15, 0.2) is 12.1 Å². The van der Waals surface area contributed by atoms with Crippen molar-refractivity contribution in [3.05, 3.63) is 21.9 Å². The van der Waals surface area contributed by atoms with Crippen molar-refractivity contribution in [3.63, 3.8) is 0 Å². The number of hydrogen-bond donors (Lipinski definition) is 1. The van der Waals surface area contributed by atoms with Crippen molar-refractivity contribution in [3.8, 4) is 0 Å². The first kappa shape index (κ1) is 14.7. The van der Waals surface area contributed by atoms with Gasteiger partial charge in [-0.25, -0.2) is 0 Å². The third-order valence-corrected chi connectivity index (χ3v) is 4.40. The molecule has 0 spiro atoms. The van der Waals surface area contributed by atoms with Gasteiger partial charge in [-0.2, -0.15) is 0 Å². The molecule has 1 unspecified atom stereocenters. The van der Waals surface area contributed by atoms with E-state index in [0.717, 1.165) is 19.6 Å². The Morgan fingerprint density at radius 2 is 1.88 bits per heavy atom. The van der Waals surface area contributed by atoms with Crippen LogP contribution in [-0.4, -0.2) is 24.5 Å². The average Bonchev–Trinajstić information content (AvgIpc) is 2.72. The minimum absolute atomic E-state index is 0.634. The van der Waals surface area contributed by atoms with Crippen molar-refractivity contribution in [2.75, 3.05) is 13.6 Å². The van der Waals surface area contributed by atoms with Crippen molar-refractivity contribution in [2.45, 2.75) is 46.8 Å². The van der Waals surface area contributed by atoms with Gasteiger partial charge in [0.25, 0.3) is 0 Å². The highest BCUT2D eigenvalue weighted by Crippen LogP contribution is 2.20. The van der Waals surface area contributed by atoms with Crippen molar-refractivity contribution >= 4 is 11.3 Å². The molecule has 1 rings (SSSR count). The molecule has 0 aliphatic heterocycles. The molecule has 98 valence electrons. The van der Waals surface area contributed by atoms with Gasteiger partial charge >= 0.3 is 0 Å². The molecule has 1 aromatic heterocycles. The van der Waals surface area contributed by atoms with Gasteiger partial charge in [0, 0.05) is 28.9 Å². The molecule has 0 amide bonds. The van der Waals surface area contributed by atoms with Crippen LogP contribution in [0.1, 0.15) is 37.4 Å². The summed E-state index contributed by atoms with van der Waals surface area (Å²) in [6.07, 6.45) is 0. The molecule has 0 saturated carbocycles. The predicted octanol–water partition coefficient (Wildman–Crippen LogP) is 3.33. The Hall–Kier alpha value is -0.380. The maximum atomic E-state index is 3.37. The lowest BCUT2D eigenvalue weighted by molar-refractivity contribution is 0.202. The van der Waals surface area contributed by atoms with Crippen LogP contribution in [0.3, 0.4) is 0 Å². The van der Waals surface area contributed by atoms with Crippen LogP contribution in [0.5, 0.6) is 0 Å². The van der Waals surface area contributed by atoms with Gasteiger partial charge in [-0.1, -0.05) is 20.8 Å². The van der Waals surface area contributed by atoms with Crippen LogP contribution in [0, 0.1) is 5.92 Å². The van der Waals surface area contributed by atoms with E-state index in [4.69, 9.17) is 0 Å². The SMILES string of the molecule is CCNCc1ccc(CN(C)C(C)C(C)C)s1. The first-order valence-electron chi connectivity index (χ1n) is 6.53. The lowest BCUT2D eigenvalue weighted by Gasteiger charge is -2.27. The fraction of sp³-hybridized carbons (Fsp3) is 0.714. The summed E-state index contributed by atoms with van der Waals surface area (Å²) in [6.45, 7) is 12.1. The zero-order chi connectivity index (χ0) is 12.8. The van der Waals surface area contributed by atoms with Crippen LogP contribution in [0.4, 0.5) is 0 Å². The smallest absolute Gasteiger partial charge is 0.0327 e. The maximum absolute atomic E-state index is 3.37. The van der Waals surface area contributed by atoms with Gasteiger partial charge in [-0.15, -0.1) is 11.3 Å². The summed E-state index contributed by atoms with van der Waals surface area (Å²) in [7, 11) is 2.22. The normalized spacial score (nSPS) is 13.6. The predicted molar refractivity (Wildman–Crippen MR) is 77.5 cm³/mol. The second-order valence-electron chi connectivity index (χ2n) is 5.05. The summed E-state index contributed by atoms with van der Waals surface area (Å²) in [6, 6.07) is 5.14. The van der Waals surface area contributed by atoms with E-state index in [1.54, 1.807) is 0 Å². The molecule has 1 heterocycles. The highest BCUT2D eigenvalue weighted by atomic mass is 32.1. The van der Waals surface area contributed by atoms with E-state index in [2.05, 4.69) is 57.1 Å². The Morgan fingerprint density at radius 3 is 2.47 bits per heavy atom. The monoisotopic (exact) mass is 254 g/mol. The first-order valence-corrected chi connectivity index (χ1v) is 7.34. The largest absolute Gasteiger partial charge is 0.312 e. The molecule has 3 heteroatoms. The Labute approximate surface area is 110 Å². The summed E-state index contributed by atoms with van der Waals surface area (Å²) >= 11 is 1.93. The van der Waals surface area contributed by atoms with Crippen molar-refractivity contribution in [1.29, 1.82) is 0 Å². The number of nitrogens with zero attached hydrogens (tertiary/aromatic N) is 1. The fourth-order valence-corrected chi connectivity index (χ4v) is 2.80. The molecule has 0 saturated heterocycles. The molecule has 0 fully saturated rings. The van der Waals surface area contributed by atoms with Crippen LogP contribution < -0.4 is 5.32 Å². The molecule has 0 aromatic carbocycles. The highest BCUT2D eigenvalue weighted by molar-refractivity contribution is 7.11. The van der Waals surface area contributed by atoms with E-state index in [-0.39, 0.29) is 0 Å². The number of thiophene rings is 1. The summed E-state index contributed by atoms with van der Waals surface area (Å²) in [5.74, 6) is 0.709. The second kappa shape index (κ2) is 7.14. The highest BCUT2D eigenvalue weighted by Gasteiger charge is 2.13. The van der Waals surface area contributed by atoms with Crippen molar-refractivity contribution in [1.82, 2.24) is 10.2 Å². The van der Waals surface area contributed by atoms with Crippen LogP contribution in [0.25, 0.3) is 0 Å². The van der Waals surface area contributed by atoms with Gasteiger partial charge in [-0.3, -0.25) is 4.90 Å². The first-order chi connectivity index (χ1) is 8.04. The molecule has 0 aliphatic rings. The molecule has 1 N–H and O–H groups in total. The number of hydrogen-bond acceptors (Lipinski definition) is 3. The Bertz CT molecular complexity index is 320. The minimum Gasteiger partial charge on any atom is -0.312 e. The van der Waals surface area contributed by atoms with Gasteiger partial charge < -0.3 is 5.32 Å². The Morgan fingerprint density at radius 1 is 1.24 bits per heavy atom. The summed E-state index contributed by atoms with van der Waals surface area (Å²) in [5, 5.41) is 3.37. The lowest BCUT2D eigenvalue weighted by atomic mass is 10.1. The van der Waals surface area contributed by atoms with Crippen molar-refractivity contribution in [2.24, 2.45) is 5.92 Å². The van der Waals surface area contributed by atoms with E-state index in [9.17, 15) is 0 Å². The minimum atomic E-state index is 0.634. The third kappa shape index (κ3) is 4.78. The summed E-state index contributed by atoms with van der Waals surface area (Å²) in [5.41, 5.74) is 0. The van der Waals surface area contributed by atoms with Gasteiger partial charge in [0.1, 0.15) is 0 Å². The molecule has 0 radical (unpaired) electrons. The number of rotatable bonds is 7. The molecule has 2 nitrogen and oxygen atoms in total. The van der Waals surface area contributed by atoms with E-state index >= 15 is 0 Å². The summed E-state index contributed by atoms with van der Waals surface area (Å²) in [4.78, 5) is 5.34. The Balaban J connectivity index is 2.48. The molecular weight excluding hydrogens is 228 g/mol. The summed E-state index contributed by atoms with van der Waals surface area (Å²) < 4.78 is 0. The zero-order valence-corrected chi connectivity index (χ0v) is 12.6. The van der Waals surface area contributed by atoms with E-state index in [1.165, 1.54) is 9.75 Å². The lowest BCUT2D eigenvalue weighted by Crippen LogP contribution is -2.32. The van der Waals surface area contributed by atoms with Crippen LogP contribution in [-0.2, 0) is 13.1 Å². The van der Waals surface area contributed by atoms with E-state index < -0.39 is 0 Å². The van der Waals surface area contributed by atoms with E-state index in [1.807, 2.05) is 11.3 Å². The molecule has 0 aliphatic carbocycles. The van der Waals surface area contributed by atoms with Gasteiger partial charge in [0.2, 0.25) is 0 Å². The molecular formula is C14H26N2S. The molecule has 1 aromatic rings. The van der Waals surface area contributed by atoms with Gasteiger partial charge in [0.15, 0.2) is 0 Å². The van der Waals surface area contributed by atoms with Gasteiger partial charge in [0.05, 0.1) is 0 Å². The van der Waals surface area contributed by atoms with E-state index in [0.29, 0.717) is 12.0 Å². The second-order valence-corrected chi connectivity index (χ2v) is 6.30. The van der Waals surface area contributed by atoms with Gasteiger partial charge in [-0.05, 0) is 38.6 Å². The zero-order valence-electron chi connectivity index (χ0n) is 11.8. The maximum Gasteiger partial charge on any atom is 0.0327 e. The molecule has 1 atom stereocenters. The third-order valence-electron chi connectivity index (χ3n) is 3.33. The molecule has 17 heavy (non-hydrogen) atoms.